The molecule has 2 unspecified atom stereocenters. The van der Waals surface area contributed by atoms with Crippen LogP contribution in [-0.4, -0.2) is 29.4 Å². The van der Waals surface area contributed by atoms with Gasteiger partial charge in [-0.1, -0.05) is 29.8 Å². The van der Waals surface area contributed by atoms with Gasteiger partial charge in [-0.05, 0) is 57.9 Å². The normalized spacial score (nSPS) is 19.1. The smallest absolute Gasteiger partial charge is 0.222 e. The summed E-state index contributed by atoms with van der Waals surface area (Å²) in [6.45, 7) is 5.02. The van der Waals surface area contributed by atoms with Crippen LogP contribution in [-0.2, 0) is 11.2 Å². The molecule has 1 heterocycles. The zero-order chi connectivity index (χ0) is 15.9. The zero-order valence-electron chi connectivity index (χ0n) is 14.5. The molecule has 3 nitrogen and oxygen atoms in total. The number of nitrogens with zero attached hydrogens (tertiary/aromatic N) is 1. The van der Waals surface area contributed by atoms with Crippen LogP contribution in [0, 0.1) is 6.92 Å². The number of benzene rings is 1. The third-order valence-corrected chi connectivity index (χ3v) is 4.70. The van der Waals surface area contributed by atoms with E-state index in [2.05, 4.69) is 31.2 Å². The molecule has 1 aromatic rings. The molecular formula is C19H31ClN2O. The maximum absolute atomic E-state index is 12.4. The standard InChI is InChI=1S/C19H30N2O.ClH/c1-15-10-12-17(13-11-15)7-3-4-9-19(22)21-14-6-5-8-18(21)16(2)20;/h10-13,16,18H,3-9,14,20H2,1-2H3;1H. The molecule has 1 aliphatic heterocycles. The Kier molecular flexibility index (Phi) is 8.64. The molecule has 1 aromatic carbocycles. The maximum Gasteiger partial charge on any atom is 0.222 e. The molecule has 0 aromatic heterocycles. The Morgan fingerprint density at radius 3 is 2.61 bits per heavy atom. The van der Waals surface area contributed by atoms with Crippen molar-refractivity contribution in [3.8, 4) is 0 Å². The van der Waals surface area contributed by atoms with E-state index in [4.69, 9.17) is 5.73 Å². The van der Waals surface area contributed by atoms with E-state index in [1.165, 1.54) is 17.5 Å². The highest BCUT2D eigenvalue weighted by atomic mass is 35.5. The number of unbranched alkanes of at least 4 members (excludes halogenated alkanes) is 1. The lowest BCUT2D eigenvalue weighted by molar-refractivity contribution is -0.135. The molecule has 0 radical (unpaired) electrons. The van der Waals surface area contributed by atoms with Crippen LogP contribution in [0.4, 0.5) is 0 Å². The molecule has 0 spiro atoms. The molecule has 23 heavy (non-hydrogen) atoms. The number of likely N-dealkylation sites (tertiary alicyclic amines) is 1. The lowest BCUT2D eigenvalue weighted by Gasteiger charge is -2.38. The van der Waals surface area contributed by atoms with Crippen molar-refractivity contribution in [2.75, 3.05) is 6.54 Å². The molecule has 1 aliphatic rings. The van der Waals surface area contributed by atoms with Gasteiger partial charge in [0.05, 0.1) is 0 Å². The molecule has 2 N–H and O–H groups in total. The van der Waals surface area contributed by atoms with E-state index in [0.717, 1.165) is 38.6 Å². The number of halogens is 1. The number of aryl methyl sites for hydroxylation is 2. The van der Waals surface area contributed by atoms with Crippen LogP contribution in [0.3, 0.4) is 0 Å². The van der Waals surface area contributed by atoms with E-state index < -0.39 is 0 Å². The monoisotopic (exact) mass is 338 g/mol. The molecule has 0 aliphatic carbocycles. The second-order valence-electron chi connectivity index (χ2n) is 6.70. The minimum atomic E-state index is 0. The summed E-state index contributed by atoms with van der Waals surface area (Å²) in [5.41, 5.74) is 8.71. The van der Waals surface area contributed by atoms with E-state index in [-0.39, 0.29) is 24.5 Å². The zero-order valence-corrected chi connectivity index (χ0v) is 15.3. The Hall–Kier alpha value is -1.06. The lowest BCUT2D eigenvalue weighted by Crippen LogP contribution is -2.51. The summed E-state index contributed by atoms with van der Waals surface area (Å²) in [5.74, 6) is 0.297. The van der Waals surface area contributed by atoms with E-state index in [0.29, 0.717) is 12.3 Å². The SMILES string of the molecule is Cc1ccc(CCCCC(=O)N2CCCCC2C(C)N)cc1.Cl. The fraction of sp³-hybridized carbons (Fsp3) is 0.632. The first kappa shape index (κ1) is 20.0. The van der Waals surface area contributed by atoms with Crippen LogP contribution in [0.25, 0.3) is 0 Å². The lowest BCUT2D eigenvalue weighted by atomic mass is 9.96. The number of rotatable bonds is 6. The number of carbonyl (C=O) groups is 1. The summed E-state index contributed by atoms with van der Waals surface area (Å²) in [4.78, 5) is 14.5. The molecule has 2 rings (SSSR count). The van der Waals surface area contributed by atoms with E-state index in [9.17, 15) is 4.79 Å². The maximum atomic E-state index is 12.4. The van der Waals surface area contributed by atoms with Crippen molar-refractivity contribution in [1.29, 1.82) is 0 Å². The van der Waals surface area contributed by atoms with Crippen molar-refractivity contribution in [2.45, 2.75) is 70.9 Å². The van der Waals surface area contributed by atoms with E-state index in [1.807, 2.05) is 11.8 Å². The Morgan fingerprint density at radius 1 is 1.26 bits per heavy atom. The van der Waals surface area contributed by atoms with Crippen molar-refractivity contribution in [1.82, 2.24) is 4.90 Å². The van der Waals surface area contributed by atoms with Crippen LogP contribution < -0.4 is 5.73 Å². The number of hydrogen-bond donors (Lipinski definition) is 1. The van der Waals surface area contributed by atoms with Gasteiger partial charge in [0.15, 0.2) is 0 Å². The molecule has 0 bridgehead atoms. The van der Waals surface area contributed by atoms with Crippen molar-refractivity contribution >= 4 is 18.3 Å². The van der Waals surface area contributed by atoms with Crippen molar-refractivity contribution in [2.24, 2.45) is 5.73 Å². The molecule has 1 fully saturated rings. The van der Waals surface area contributed by atoms with Gasteiger partial charge in [0.1, 0.15) is 0 Å². The van der Waals surface area contributed by atoms with Gasteiger partial charge >= 0.3 is 0 Å². The molecule has 130 valence electrons. The van der Waals surface area contributed by atoms with Crippen LogP contribution in [0.2, 0.25) is 0 Å². The first-order valence-electron chi connectivity index (χ1n) is 8.68. The largest absolute Gasteiger partial charge is 0.338 e. The van der Waals surface area contributed by atoms with Crippen molar-refractivity contribution < 1.29 is 4.79 Å². The highest BCUT2D eigenvalue weighted by Crippen LogP contribution is 2.20. The van der Waals surface area contributed by atoms with Crippen LogP contribution in [0.5, 0.6) is 0 Å². The van der Waals surface area contributed by atoms with Crippen LogP contribution >= 0.6 is 12.4 Å². The summed E-state index contributed by atoms with van der Waals surface area (Å²) >= 11 is 0. The summed E-state index contributed by atoms with van der Waals surface area (Å²) in [5, 5.41) is 0. The number of amides is 1. The van der Waals surface area contributed by atoms with Crippen LogP contribution in [0.1, 0.15) is 56.6 Å². The Balaban J connectivity index is 0.00000264. The van der Waals surface area contributed by atoms with E-state index >= 15 is 0 Å². The van der Waals surface area contributed by atoms with Gasteiger partial charge in [0, 0.05) is 25.0 Å². The van der Waals surface area contributed by atoms with Gasteiger partial charge in [0.25, 0.3) is 0 Å². The number of nitrogens with two attached hydrogens (primary N) is 1. The quantitative estimate of drug-likeness (QED) is 0.800. The molecule has 1 saturated heterocycles. The minimum absolute atomic E-state index is 0. The number of piperidine rings is 1. The second kappa shape index (κ2) is 9.94. The van der Waals surface area contributed by atoms with Crippen molar-refractivity contribution in [3.05, 3.63) is 35.4 Å². The van der Waals surface area contributed by atoms with Gasteiger partial charge < -0.3 is 10.6 Å². The molecule has 2 atom stereocenters. The summed E-state index contributed by atoms with van der Waals surface area (Å²) in [7, 11) is 0. The van der Waals surface area contributed by atoms with E-state index in [1.54, 1.807) is 0 Å². The third kappa shape index (κ3) is 6.15. The fourth-order valence-corrected chi connectivity index (χ4v) is 3.32. The second-order valence-corrected chi connectivity index (χ2v) is 6.70. The summed E-state index contributed by atoms with van der Waals surface area (Å²) < 4.78 is 0. The predicted octanol–water partition coefficient (Wildman–Crippen LogP) is 3.86. The van der Waals surface area contributed by atoms with Gasteiger partial charge in [-0.15, -0.1) is 12.4 Å². The Labute approximate surface area is 147 Å². The fourth-order valence-electron chi connectivity index (χ4n) is 3.32. The van der Waals surface area contributed by atoms with Crippen molar-refractivity contribution in [3.63, 3.8) is 0 Å². The average molecular weight is 339 g/mol. The molecular weight excluding hydrogens is 308 g/mol. The molecule has 4 heteroatoms. The van der Waals surface area contributed by atoms with Gasteiger partial charge in [-0.2, -0.15) is 0 Å². The molecule has 1 amide bonds. The Morgan fingerprint density at radius 2 is 1.96 bits per heavy atom. The molecule has 0 saturated carbocycles. The van der Waals surface area contributed by atoms with Crippen LogP contribution in [0.15, 0.2) is 24.3 Å². The average Bonchev–Trinajstić information content (AvgIpc) is 2.53. The first-order chi connectivity index (χ1) is 10.6. The summed E-state index contributed by atoms with van der Waals surface area (Å²) in [6.07, 6.45) is 7.15. The Bertz CT molecular complexity index is 473. The summed E-state index contributed by atoms with van der Waals surface area (Å²) in [6, 6.07) is 9.01. The predicted molar refractivity (Wildman–Crippen MR) is 99.0 cm³/mol. The van der Waals surface area contributed by atoms with Gasteiger partial charge in [0.2, 0.25) is 5.91 Å². The third-order valence-electron chi connectivity index (χ3n) is 4.70. The highest BCUT2D eigenvalue weighted by molar-refractivity contribution is 5.85. The minimum Gasteiger partial charge on any atom is -0.338 e. The topological polar surface area (TPSA) is 46.3 Å². The number of carbonyl (C=O) groups excluding carboxylic acids is 1. The first-order valence-corrected chi connectivity index (χ1v) is 8.68. The van der Waals surface area contributed by atoms with Gasteiger partial charge in [-0.25, -0.2) is 0 Å². The number of hydrogen-bond acceptors (Lipinski definition) is 2. The van der Waals surface area contributed by atoms with Gasteiger partial charge in [-0.3, -0.25) is 4.79 Å². The highest BCUT2D eigenvalue weighted by Gasteiger charge is 2.28.